The second-order valence-corrected chi connectivity index (χ2v) is 6.81. The van der Waals surface area contributed by atoms with Crippen LogP contribution in [0.25, 0.3) is 0 Å². The van der Waals surface area contributed by atoms with Crippen molar-refractivity contribution in [2.24, 2.45) is 4.99 Å². The molecule has 0 radical (unpaired) electrons. The first-order valence-electron chi connectivity index (χ1n) is 7.58. The number of amides is 1. The van der Waals surface area contributed by atoms with Gasteiger partial charge in [-0.1, -0.05) is 29.3 Å². The lowest BCUT2D eigenvalue weighted by Crippen LogP contribution is -2.41. The molecule has 142 valence electrons. The van der Waals surface area contributed by atoms with Gasteiger partial charge in [0.25, 0.3) is 5.91 Å². The summed E-state index contributed by atoms with van der Waals surface area (Å²) >= 11 is 13.4. The Kier molecular flexibility index (Phi) is 10.2. The number of aromatic nitrogens is 1. The van der Waals surface area contributed by atoms with E-state index >= 15 is 0 Å². The lowest BCUT2D eigenvalue weighted by Gasteiger charge is -2.13. The second kappa shape index (κ2) is 11.6. The van der Waals surface area contributed by atoms with Crippen molar-refractivity contribution >= 4 is 70.4 Å². The average Bonchev–Trinajstić information content (AvgIpc) is 3.01. The number of guanidine groups is 1. The van der Waals surface area contributed by atoms with Gasteiger partial charge in [0.1, 0.15) is 4.88 Å². The Labute approximate surface area is 183 Å². The van der Waals surface area contributed by atoms with Gasteiger partial charge in [-0.15, -0.1) is 35.3 Å². The lowest BCUT2D eigenvalue weighted by molar-refractivity contribution is 0.0957. The van der Waals surface area contributed by atoms with Gasteiger partial charge in [0.2, 0.25) is 0 Å². The number of halogens is 3. The maximum atomic E-state index is 12.0. The summed E-state index contributed by atoms with van der Waals surface area (Å²) in [5, 5.41) is 10.3. The van der Waals surface area contributed by atoms with E-state index in [1.807, 2.05) is 13.0 Å². The molecule has 1 aromatic heterocycles. The summed E-state index contributed by atoms with van der Waals surface area (Å²) in [6, 6.07) is 5.35. The molecule has 26 heavy (non-hydrogen) atoms. The predicted molar refractivity (Wildman–Crippen MR) is 119 cm³/mol. The van der Waals surface area contributed by atoms with Crippen LogP contribution in [0.5, 0.6) is 0 Å². The molecular formula is C16H20Cl2IN5OS. The molecule has 1 amide bonds. The Morgan fingerprint density at radius 2 is 1.96 bits per heavy atom. The molecule has 0 saturated carbocycles. The van der Waals surface area contributed by atoms with Crippen molar-refractivity contribution < 1.29 is 4.79 Å². The van der Waals surface area contributed by atoms with Crippen LogP contribution >= 0.6 is 58.5 Å². The fourth-order valence-electron chi connectivity index (χ4n) is 2.02. The Morgan fingerprint density at radius 3 is 2.58 bits per heavy atom. The highest BCUT2D eigenvalue weighted by Gasteiger charge is 2.10. The first-order chi connectivity index (χ1) is 12.0. The number of carbonyl (C=O) groups is 1. The van der Waals surface area contributed by atoms with E-state index in [-0.39, 0.29) is 29.9 Å². The molecule has 0 fully saturated rings. The number of carbonyl (C=O) groups excluding carboxylic acids is 1. The number of rotatable bonds is 6. The molecule has 0 unspecified atom stereocenters. The highest BCUT2D eigenvalue weighted by atomic mass is 127. The number of thiazole rings is 1. The third-order valence-corrected chi connectivity index (χ3v) is 4.85. The molecule has 0 bridgehead atoms. The van der Waals surface area contributed by atoms with Crippen LogP contribution < -0.4 is 16.0 Å². The van der Waals surface area contributed by atoms with Crippen molar-refractivity contribution in [3.63, 3.8) is 0 Å². The van der Waals surface area contributed by atoms with Gasteiger partial charge in [0.15, 0.2) is 5.96 Å². The number of benzene rings is 1. The topological polar surface area (TPSA) is 78.4 Å². The van der Waals surface area contributed by atoms with Crippen molar-refractivity contribution in [1.82, 2.24) is 20.9 Å². The molecule has 2 aromatic rings. The maximum Gasteiger partial charge on any atom is 0.263 e. The number of hydrogen-bond donors (Lipinski definition) is 3. The summed E-state index contributed by atoms with van der Waals surface area (Å²) in [5.41, 5.74) is 3.33. The molecule has 3 N–H and O–H groups in total. The zero-order chi connectivity index (χ0) is 18.2. The van der Waals surface area contributed by atoms with Crippen LogP contribution in [0, 0.1) is 6.92 Å². The van der Waals surface area contributed by atoms with Crippen LogP contribution in [-0.4, -0.2) is 37.0 Å². The van der Waals surface area contributed by atoms with E-state index in [2.05, 4.69) is 25.9 Å². The number of nitrogens with zero attached hydrogens (tertiary/aromatic N) is 2. The predicted octanol–water partition coefficient (Wildman–Crippen LogP) is 3.47. The van der Waals surface area contributed by atoms with Gasteiger partial charge in [0, 0.05) is 36.7 Å². The van der Waals surface area contributed by atoms with E-state index in [9.17, 15) is 4.79 Å². The van der Waals surface area contributed by atoms with Crippen LogP contribution in [0.2, 0.25) is 10.0 Å². The Morgan fingerprint density at radius 1 is 1.23 bits per heavy atom. The summed E-state index contributed by atoms with van der Waals surface area (Å²) in [5.74, 6) is 0.506. The Hall–Kier alpha value is -1.10. The lowest BCUT2D eigenvalue weighted by atomic mass is 10.2. The van der Waals surface area contributed by atoms with Gasteiger partial charge < -0.3 is 16.0 Å². The number of nitrogens with one attached hydrogen (secondary N) is 3. The first-order valence-corrected chi connectivity index (χ1v) is 9.21. The third kappa shape index (κ3) is 6.90. The molecule has 2 rings (SSSR count). The van der Waals surface area contributed by atoms with E-state index in [0.717, 1.165) is 11.3 Å². The summed E-state index contributed by atoms with van der Waals surface area (Å²) in [6.45, 7) is 3.34. The van der Waals surface area contributed by atoms with Gasteiger partial charge in [-0.25, -0.2) is 4.98 Å². The average molecular weight is 528 g/mol. The smallest absolute Gasteiger partial charge is 0.263 e. The molecule has 1 aromatic carbocycles. The molecule has 0 aliphatic heterocycles. The summed E-state index contributed by atoms with van der Waals surface area (Å²) in [4.78, 5) is 20.8. The molecule has 6 nitrogen and oxygen atoms in total. The number of hydrogen-bond acceptors (Lipinski definition) is 4. The number of aryl methyl sites for hydroxylation is 1. The normalized spacial score (nSPS) is 10.8. The van der Waals surface area contributed by atoms with Gasteiger partial charge >= 0.3 is 0 Å². The van der Waals surface area contributed by atoms with Crippen LogP contribution in [0.4, 0.5) is 0 Å². The van der Waals surface area contributed by atoms with E-state index < -0.39 is 0 Å². The summed E-state index contributed by atoms with van der Waals surface area (Å²) in [7, 11) is 1.68. The minimum absolute atomic E-state index is 0. The summed E-state index contributed by atoms with van der Waals surface area (Å²) in [6.07, 6.45) is 0. The molecule has 0 spiro atoms. The highest BCUT2D eigenvalue weighted by molar-refractivity contribution is 14.0. The molecule has 1 heterocycles. The first kappa shape index (κ1) is 22.9. The van der Waals surface area contributed by atoms with Gasteiger partial charge in [-0.2, -0.15) is 0 Å². The standard InChI is InChI=1S/C16H19Cl2N5OS.HI/c1-10-14(25-9-23-10)15(24)20-5-6-21-16(19-2)22-8-11-3-4-12(17)7-13(11)18;/h3-4,7,9H,5-6,8H2,1-2H3,(H,20,24)(H2,19,21,22);1H. The Bertz CT molecular complexity index is 769. The van der Waals surface area contributed by atoms with Crippen molar-refractivity contribution in [3.05, 3.63) is 49.9 Å². The molecule has 0 saturated heterocycles. The molecular weight excluding hydrogens is 508 g/mol. The van der Waals surface area contributed by atoms with E-state index in [1.165, 1.54) is 11.3 Å². The molecule has 0 atom stereocenters. The van der Waals surface area contributed by atoms with Crippen LogP contribution in [0.3, 0.4) is 0 Å². The molecule has 10 heteroatoms. The van der Waals surface area contributed by atoms with Crippen LogP contribution in [0.15, 0.2) is 28.7 Å². The van der Waals surface area contributed by atoms with E-state index in [0.29, 0.717) is 40.5 Å². The van der Waals surface area contributed by atoms with E-state index in [4.69, 9.17) is 23.2 Å². The monoisotopic (exact) mass is 527 g/mol. The fourth-order valence-corrected chi connectivity index (χ4v) is 3.22. The quantitative estimate of drug-likeness (QED) is 0.232. The van der Waals surface area contributed by atoms with Crippen molar-refractivity contribution in [2.75, 3.05) is 20.1 Å². The minimum Gasteiger partial charge on any atom is -0.355 e. The van der Waals surface area contributed by atoms with Crippen LogP contribution in [-0.2, 0) is 6.54 Å². The fraction of sp³-hybridized carbons (Fsp3) is 0.312. The maximum absolute atomic E-state index is 12.0. The Balaban J connectivity index is 0.00000338. The third-order valence-electron chi connectivity index (χ3n) is 3.34. The van der Waals surface area contributed by atoms with Crippen LogP contribution in [0.1, 0.15) is 20.9 Å². The van der Waals surface area contributed by atoms with Gasteiger partial charge in [-0.3, -0.25) is 9.79 Å². The van der Waals surface area contributed by atoms with Gasteiger partial charge in [-0.05, 0) is 24.6 Å². The zero-order valence-electron chi connectivity index (χ0n) is 14.3. The highest BCUT2D eigenvalue weighted by Crippen LogP contribution is 2.20. The minimum atomic E-state index is -0.113. The second-order valence-electron chi connectivity index (χ2n) is 5.11. The number of aliphatic imine (C=N–C) groups is 1. The van der Waals surface area contributed by atoms with E-state index in [1.54, 1.807) is 24.7 Å². The molecule has 0 aliphatic rings. The van der Waals surface area contributed by atoms with Crippen molar-refractivity contribution in [1.29, 1.82) is 0 Å². The summed E-state index contributed by atoms with van der Waals surface area (Å²) < 4.78 is 0. The van der Waals surface area contributed by atoms with Gasteiger partial charge in [0.05, 0.1) is 11.2 Å². The SMILES string of the molecule is CN=C(NCCNC(=O)c1scnc1C)NCc1ccc(Cl)cc1Cl.I. The van der Waals surface area contributed by atoms with Crippen molar-refractivity contribution in [2.45, 2.75) is 13.5 Å². The molecule has 0 aliphatic carbocycles. The largest absolute Gasteiger partial charge is 0.355 e. The van der Waals surface area contributed by atoms with Crippen molar-refractivity contribution in [3.8, 4) is 0 Å². The zero-order valence-corrected chi connectivity index (χ0v) is 19.0.